The van der Waals surface area contributed by atoms with Crippen LogP contribution >= 0.6 is 0 Å². The second-order valence-corrected chi connectivity index (χ2v) is 5.88. The number of carbonyl (C=O) groups is 2. The minimum atomic E-state index is -0.884. The number of nitrogens with zero attached hydrogens (tertiary/aromatic N) is 1. The zero-order valence-electron chi connectivity index (χ0n) is 13.2. The normalized spacial score (nSPS) is 14.7. The van der Waals surface area contributed by atoms with Crippen LogP contribution in [0.5, 0.6) is 0 Å². The fourth-order valence-corrected chi connectivity index (χ4v) is 2.42. The summed E-state index contributed by atoms with van der Waals surface area (Å²) in [4.78, 5) is 24.1. The van der Waals surface area contributed by atoms with Gasteiger partial charge in [0.15, 0.2) is 0 Å². The molecule has 0 saturated heterocycles. The van der Waals surface area contributed by atoms with E-state index in [1.165, 1.54) is 4.90 Å². The first-order valence-corrected chi connectivity index (χ1v) is 7.47. The summed E-state index contributed by atoms with van der Waals surface area (Å²) in [6, 6.07) is 5.85. The van der Waals surface area contributed by atoms with Crippen molar-refractivity contribution in [2.45, 2.75) is 27.2 Å². The van der Waals surface area contributed by atoms with E-state index >= 15 is 0 Å². The smallest absolute Gasteiger partial charge is 0.407 e. The monoisotopic (exact) mass is 302 g/mol. The molecule has 22 heavy (non-hydrogen) atoms. The van der Waals surface area contributed by atoms with Crippen LogP contribution in [0.1, 0.15) is 31.4 Å². The van der Waals surface area contributed by atoms with Crippen molar-refractivity contribution in [1.29, 1.82) is 0 Å². The number of anilines is 1. The lowest BCUT2D eigenvalue weighted by molar-refractivity contribution is -0.118. The van der Waals surface area contributed by atoms with Crippen LogP contribution in [0.2, 0.25) is 0 Å². The Bertz CT molecular complexity index is 620. The van der Waals surface area contributed by atoms with Crippen molar-refractivity contribution in [3.63, 3.8) is 0 Å². The number of benzene rings is 1. The second-order valence-electron chi connectivity index (χ2n) is 5.88. The van der Waals surface area contributed by atoms with Gasteiger partial charge in [0, 0.05) is 24.7 Å². The molecule has 0 spiro atoms. The minimum Gasteiger partial charge on any atom is -0.465 e. The first kappa shape index (κ1) is 16.1. The number of carboxylic acid groups (broad SMARTS) is 1. The molecule has 1 aliphatic rings. The summed E-state index contributed by atoms with van der Waals surface area (Å²) >= 11 is 0. The van der Waals surface area contributed by atoms with Crippen LogP contribution in [0.4, 0.5) is 10.5 Å². The number of hydrogen-bond acceptors (Lipinski definition) is 2. The molecule has 118 valence electrons. The van der Waals surface area contributed by atoms with E-state index in [9.17, 15) is 9.59 Å². The molecule has 0 radical (unpaired) electrons. The molecule has 0 aliphatic carbocycles. The number of hydrogen-bond donors (Lipinski definition) is 2. The Morgan fingerprint density at radius 1 is 1.32 bits per heavy atom. The van der Waals surface area contributed by atoms with E-state index < -0.39 is 6.09 Å². The Labute approximate surface area is 130 Å². The Morgan fingerprint density at radius 2 is 2.05 bits per heavy atom. The van der Waals surface area contributed by atoms with Gasteiger partial charge in [0.25, 0.3) is 0 Å². The number of nitrogens with one attached hydrogen (secondary N) is 1. The second kappa shape index (κ2) is 6.64. The molecule has 2 N–H and O–H groups in total. The molecule has 0 fully saturated rings. The summed E-state index contributed by atoms with van der Waals surface area (Å²) in [6.07, 6.45) is 1.76. The molecule has 0 saturated carbocycles. The molecule has 1 aromatic carbocycles. The fraction of sp³-hybridized carbons (Fsp3) is 0.412. The quantitative estimate of drug-likeness (QED) is 0.899. The molecule has 1 aromatic rings. The van der Waals surface area contributed by atoms with Gasteiger partial charge in [0.1, 0.15) is 0 Å². The first-order chi connectivity index (χ1) is 10.4. The molecule has 5 nitrogen and oxygen atoms in total. The van der Waals surface area contributed by atoms with E-state index in [0.717, 1.165) is 22.4 Å². The van der Waals surface area contributed by atoms with Crippen molar-refractivity contribution in [3.8, 4) is 0 Å². The van der Waals surface area contributed by atoms with Gasteiger partial charge in [-0.2, -0.15) is 0 Å². The van der Waals surface area contributed by atoms with Crippen LogP contribution in [0.15, 0.2) is 24.3 Å². The summed E-state index contributed by atoms with van der Waals surface area (Å²) in [5, 5.41) is 11.9. The van der Waals surface area contributed by atoms with Crippen molar-refractivity contribution in [2.24, 2.45) is 5.92 Å². The number of aryl methyl sites for hydroxylation is 1. The molecule has 0 atom stereocenters. The highest BCUT2D eigenvalue weighted by Gasteiger charge is 2.18. The predicted octanol–water partition coefficient (Wildman–Crippen LogP) is 3.36. The molecule has 5 heteroatoms. The van der Waals surface area contributed by atoms with Crippen LogP contribution in [0.25, 0.3) is 5.57 Å². The lowest BCUT2D eigenvalue weighted by Gasteiger charge is -2.24. The fourth-order valence-electron chi connectivity index (χ4n) is 2.42. The maximum absolute atomic E-state index is 11.8. The molecule has 0 unspecified atom stereocenters. The highest BCUT2D eigenvalue weighted by molar-refractivity contribution is 5.92. The van der Waals surface area contributed by atoms with E-state index in [4.69, 9.17) is 5.11 Å². The molecule has 2 rings (SSSR count). The van der Waals surface area contributed by atoms with Gasteiger partial charge in [-0.1, -0.05) is 26.0 Å². The Balaban J connectivity index is 2.21. The van der Waals surface area contributed by atoms with Crippen molar-refractivity contribution in [1.82, 2.24) is 4.90 Å². The lowest BCUT2D eigenvalue weighted by atomic mass is 9.95. The van der Waals surface area contributed by atoms with Gasteiger partial charge in [0.2, 0.25) is 5.91 Å². The highest BCUT2D eigenvalue weighted by Crippen LogP contribution is 2.28. The third kappa shape index (κ3) is 3.67. The van der Waals surface area contributed by atoms with Crippen molar-refractivity contribution in [3.05, 3.63) is 35.4 Å². The summed E-state index contributed by atoms with van der Waals surface area (Å²) in [6.45, 7) is 6.65. The average molecular weight is 302 g/mol. The molecule has 2 amide bonds. The van der Waals surface area contributed by atoms with E-state index in [2.05, 4.69) is 5.32 Å². The van der Waals surface area contributed by atoms with Crippen LogP contribution in [-0.2, 0) is 4.79 Å². The highest BCUT2D eigenvalue weighted by atomic mass is 16.4. The van der Waals surface area contributed by atoms with Gasteiger partial charge < -0.3 is 15.3 Å². The number of rotatable bonds is 3. The standard InChI is InChI=1S/C17H22N2O3/c1-11(2)16(20)18-14-5-4-12(3)15(10-14)13-6-8-19(9-7-13)17(21)22/h4-6,10-11H,7-9H2,1-3H3,(H,18,20)(H,21,22). The van der Waals surface area contributed by atoms with Gasteiger partial charge in [-0.3, -0.25) is 4.79 Å². The topological polar surface area (TPSA) is 69.6 Å². The molecular formula is C17H22N2O3. The van der Waals surface area contributed by atoms with Crippen LogP contribution in [-0.4, -0.2) is 35.1 Å². The van der Waals surface area contributed by atoms with Gasteiger partial charge in [-0.25, -0.2) is 4.79 Å². The molecule has 0 aromatic heterocycles. The van der Waals surface area contributed by atoms with E-state index in [1.54, 1.807) is 0 Å². The van der Waals surface area contributed by atoms with Crippen molar-refractivity contribution < 1.29 is 14.7 Å². The summed E-state index contributed by atoms with van der Waals surface area (Å²) in [5.74, 6) is -0.0766. The minimum absolute atomic E-state index is 0.00974. The van der Waals surface area contributed by atoms with Crippen molar-refractivity contribution >= 4 is 23.3 Å². The summed E-state index contributed by atoms with van der Waals surface area (Å²) in [7, 11) is 0. The zero-order valence-corrected chi connectivity index (χ0v) is 13.2. The third-order valence-electron chi connectivity index (χ3n) is 3.86. The van der Waals surface area contributed by atoms with Gasteiger partial charge in [-0.05, 0) is 42.2 Å². The number of carbonyl (C=O) groups excluding carboxylic acids is 1. The maximum atomic E-state index is 11.8. The van der Waals surface area contributed by atoms with Crippen LogP contribution < -0.4 is 5.32 Å². The Kier molecular flexibility index (Phi) is 4.85. The largest absolute Gasteiger partial charge is 0.465 e. The van der Waals surface area contributed by atoms with Gasteiger partial charge in [0.05, 0.1) is 0 Å². The average Bonchev–Trinajstić information content (AvgIpc) is 2.49. The van der Waals surface area contributed by atoms with E-state index in [0.29, 0.717) is 19.5 Å². The number of amides is 2. The van der Waals surface area contributed by atoms with E-state index in [-0.39, 0.29) is 11.8 Å². The predicted molar refractivity (Wildman–Crippen MR) is 86.8 cm³/mol. The lowest BCUT2D eigenvalue weighted by Crippen LogP contribution is -2.33. The SMILES string of the molecule is Cc1ccc(NC(=O)C(C)C)cc1C1=CCN(C(=O)O)CC1. The summed E-state index contributed by atoms with van der Waals surface area (Å²) < 4.78 is 0. The molecule has 1 aliphatic heterocycles. The third-order valence-corrected chi connectivity index (χ3v) is 3.86. The van der Waals surface area contributed by atoms with Gasteiger partial charge in [-0.15, -0.1) is 0 Å². The molecule has 0 bridgehead atoms. The molecular weight excluding hydrogens is 280 g/mol. The zero-order chi connectivity index (χ0) is 16.3. The van der Waals surface area contributed by atoms with Crippen LogP contribution in [0.3, 0.4) is 0 Å². The Morgan fingerprint density at radius 3 is 2.59 bits per heavy atom. The van der Waals surface area contributed by atoms with Crippen LogP contribution in [0, 0.1) is 12.8 Å². The molecule has 1 heterocycles. The van der Waals surface area contributed by atoms with Crippen molar-refractivity contribution in [2.75, 3.05) is 18.4 Å². The maximum Gasteiger partial charge on any atom is 0.407 e. The van der Waals surface area contributed by atoms with Gasteiger partial charge >= 0.3 is 6.09 Å². The Hall–Kier alpha value is -2.30. The van der Waals surface area contributed by atoms with E-state index in [1.807, 2.05) is 45.0 Å². The first-order valence-electron chi connectivity index (χ1n) is 7.47. The summed E-state index contributed by atoms with van der Waals surface area (Å²) in [5.41, 5.74) is 4.11.